The molecule has 3 aromatic rings. The van der Waals surface area contributed by atoms with Crippen molar-refractivity contribution in [1.82, 2.24) is 4.90 Å². The van der Waals surface area contributed by atoms with Gasteiger partial charge in [0.2, 0.25) is 0 Å². The van der Waals surface area contributed by atoms with Crippen molar-refractivity contribution in [3.05, 3.63) is 107 Å². The Morgan fingerprint density at radius 2 is 1.41 bits per heavy atom. The van der Waals surface area contributed by atoms with Crippen LogP contribution < -0.4 is 0 Å². The molecule has 0 spiro atoms. The number of hydrogen-bond acceptors (Lipinski definition) is 3. The zero-order chi connectivity index (χ0) is 27.8. The summed E-state index contributed by atoms with van der Waals surface area (Å²) in [7, 11) is 0. The molecular weight excluding hydrogens is 520 g/mol. The smallest absolute Gasteiger partial charge is 0.393 e. The van der Waals surface area contributed by atoms with Gasteiger partial charge in [-0.15, -0.1) is 0 Å². The van der Waals surface area contributed by atoms with E-state index in [1.807, 2.05) is 60.7 Å². The van der Waals surface area contributed by atoms with E-state index < -0.39 is 47.8 Å². The van der Waals surface area contributed by atoms with Crippen molar-refractivity contribution < 1.29 is 36.2 Å². The number of aliphatic hydroxyl groups excluding tert-OH is 1. The second-order valence-corrected chi connectivity index (χ2v) is 10.3. The molecule has 2 aliphatic rings. The van der Waals surface area contributed by atoms with E-state index in [1.165, 1.54) is 0 Å². The van der Waals surface area contributed by atoms with Gasteiger partial charge in [0.1, 0.15) is 6.10 Å². The fourth-order valence-electron chi connectivity index (χ4n) is 6.28. The topological polar surface area (TPSA) is 32.7 Å². The number of aliphatic hydroxyl groups is 1. The molecule has 2 aliphatic heterocycles. The van der Waals surface area contributed by atoms with Crippen LogP contribution in [0.5, 0.6) is 0 Å². The average Bonchev–Trinajstić information content (AvgIpc) is 3.15. The average molecular weight is 550 g/mol. The number of halogens is 6. The van der Waals surface area contributed by atoms with Gasteiger partial charge < -0.3 is 9.84 Å². The van der Waals surface area contributed by atoms with E-state index in [4.69, 9.17) is 4.74 Å². The van der Waals surface area contributed by atoms with Crippen LogP contribution in [0.25, 0.3) is 0 Å². The van der Waals surface area contributed by atoms with Crippen LogP contribution in [0.1, 0.15) is 59.6 Å². The normalized spacial score (nSPS) is 24.6. The molecule has 0 aromatic heterocycles. The minimum absolute atomic E-state index is 0.0904. The van der Waals surface area contributed by atoms with Crippen LogP contribution >= 0.6 is 0 Å². The standard InChI is InChI=1S/C30H29F6NO2/c31-29(32,33)23-15-21(16-24(17-23)30(34,35)36)26(19-38)39-27-12-11-25-13-14-28(27,22-9-5-2-6-10-22)37(25)18-20-7-3-1-4-8-20/h1-10,15-17,25-27,38H,11-14,18-19H2/t25-,26?,27+,28+/m0/s1. The number of hydrogen-bond donors (Lipinski definition) is 1. The first-order chi connectivity index (χ1) is 18.5. The lowest BCUT2D eigenvalue weighted by molar-refractivity contribution is -0.146. The Morgan fingerprint density at radius 3 is 1.97 bits per heavy atom. The van der Waals surface area contributed by atoms with Gasteiger partial charge >= 0.3 is 12.4 Å². The van der Waals surface area contributed by atoms with Crippen molar-refractivity contribution in [2.75, 3.05) is 6.61 Å². The zero-order valence-electron chi connectivity index (χ0n) is 21.1. The minimum atomic E-state index is -4.99. The van der Waals surface area contributed by atoms with E-state index in [9.17, 15) is 31.4 Å². The molecule has 9 heteroatoms. The van der Waals surface area contributed by atoms with E-state index in [0.29, 0.717) is 31.5 Å². The lowest BCUT2D eigenvalue weighted by Gasteiger charge is -2.51. The fourth-order valence-corrected chi connectivity index (χ4v) is 6.28. The van der Waals surface area contributed by atoms with Crippen LogP contribution in [0.2, 0.25) is 0 Å². The molecule has 0 radical (unpaired) electrons. The van der Waals surface area contributed by atoms with Crippen LogP contribution in [0.4, 0.5) is 26.3 Å². The van der Waals surface area contributed by atoms with Gasteiger partial charge in [-0.2, -0.15) is 26.3 Å². The first-order valence-corrected chi connectivity index (χ1v) is 12.9. The lowest BCUT2D eigenvalue weighted by Crippen LogP contribution is -2.56. The maximum absolute atomic E-state index is 13.5. The number of alkyl halides is 6. The highest BCUT2D eigenvalue weighted by atomic mass is 19.4. The molecule has 2 saturated heterocycles. The summed E-state index contributed by atoms with van der Waals surface area (Å²) in [5.74, 6) is 0. The van der Waals surface area contributed by atoms with E-state index in [-0.39, 0.29) is 17.7 Å². The zero-order valence-corrected chi connectivity index (χ0v) is 21.1. The number of fused-ring (bicyclic) bond motifs is 2. The third-order valence-corrected chi connectivity index (χ3v) is 8.05. The SMILES string of the molecule is OCC(O[C@@H]1CC[C@H]2CC[C@]1(c1ccccc1)N2Cc1ccccc1)c1cc(C(F)(F)F)cc(C(F)(F)F)c1. The summed E-state index contributed by atoms with van der Waals surface area (Å²) in [4.78, 5) is 2.37. The Kier molecular flexibility index (Phi) is 7.52. The summed E-state index contributed by atoms with van der Waals surface area (Å²) < 4.78 is 87.7. The molecule has 39 heavy (non-hydrogen) atoms. The largest absolute Gasteiger partial charge is 0.416 e. The fraction of sp³-hybridized carbons (Fsp3) is 0.400. The number of piperidine rings is 1. The summed E-state index contributed by atoms with van der Waals surface area (Å²) >= 11 is 0. The molecule has 0 aliphatic carbocycles. The van der Waals surface area contributed by atoms with E-state index in [2.05, 4.69) is 4.90 Å². The highest BCUT2D eigenvalue weighted by molar-refractivity contribution is 5.36. The maximum atomic E-state index is 13.5. The molecule has 0 saturated carbocycles. The number of nitrogens with zero attached hydrogens (tertiary/aromatic N) is 1. The Balaban J connectivity index is 1.55. The van der Waals surface area contributed by atoms with E-state index in [1.54, 1.807) is 0 Å². The van der Waals surface area contributed by atoms with Crippen molar-refractivity contribution in [3.8, 4) is 0 Å². The molecule has 5 rings (SSSR count). The quantitative estimate of drug-likeness (QED) is 0.310. The van der Waals surface area contributed by atoms with Crippen LogP contribution in [0.15, 0.2) is 78.9 Å². The second kappa shape index (κ2) is 10.6. The predicted octanol–water partition coefficient (Wildman–Crippen LogP) is 7.50. The predicted molar refractivity (Wildman–Crippen MR) is 134 cm³/mol. The van der Waals surface area contributed by atoms with Crippen molar-refractivity contribution in [2.45, 2.75) is 68.4 Å². The molecule has 2 bridgehead atoms. The molecule has 2 fully saturated rings. The van der Waals surface area contributed by atoms with Crippen LogP contribution in [-0.2, 0) is 29.2 Å². The first kappa shape index (κ1) is 27.7. The lowest BCUT2D eigenvalue weighted by atomic mass is 9.78. The van der Waals surface area contributed by atoms with Gasteiger partial charge in [-0.3, -0.25) is 4.90 Å². The summed E-state index contributed by atoms with van der Waals surface area (Å²) in [6.07, 6.45) is -8.99. The molecule has 3 aromatic carbocycles. The van der Waals surface area contributed by atoms with E-state index in [0.717, 1.165) is 24.0 Å². The van der Waals surface area contributed by atoms with Gasteiger partial charge in [0, 0.05) is 12.6 Å². The van der Waals surface area contributed by atoms with E-state index >= 15 is 0 Å². The Labute approximate surface area is 223 Å². The number of ether oxygens (including phenoxy) is 1. The van der Waals surface area contributed by atoms with Crippen molar-refractivity contribution in [3.63, 3.8) is 0 Å². The van der Waals surface area contributed by atoms with Crippen LogP contribution in [0, 0.1) is 0 Å². The van der Waals surface area contributed by atoms with Crippen molar-refractivity contribution in [1.29, 1.82) is 0 Å². The summed E-state index contributed by atoms with van der Waals surface area (Å²) in [5.41, 5.74) is -1.79. The molecule has 1 N–H and O–H groups in total. The van der Waals surface area contributed by atoms with Gasteiger partial charge in [-0.05, 0) is 60.6 Å². The Hall–Kier alpha value is -2.88. The second-order valence-electron chi connectivity index (χ2n) is 10.3. The Bertz CT molecular complexity index is 1230. The molecule has 1 unspecified atom stereocenters. The molecule has 2 heterocycles. The molecule has 208 valence electrons. The summed E-state index contributed by atoms with van der Waals surface area (Å²) in [6.45, 7) is -0.145. The van der Waals surface area contributed by atoms with Crippen molar-refractivity contribution in [2.24, 2.45) is 0 Å². The van der Waals surface area contributed by atoms with Gasteiger partial charge in [0.05, 0.1) is 29.4 Å². The van der Waals surface area contributed by atoms with Gasteiger partial charge in [0.15, 0.2) is 0 Å². The number of benzene rings is 3. The van der Waals surface area contributed by atoms with Crippen molar-refractivity contribution >= 4 is 0 Å². The third kappa shape index (κ3) is 5.44. The highest BCUT2D eigenvalue weighted by Crippen LogP contribution is 2.53. The number of rotatable bonds is 7. The summed E-state index contributed by atoms with van der Waals surface area (Å²) in [6, 6.07) is 21.2. The molecule has 4 atom stereocenters. The Morgan fingerprint density at radius 1 is 0.821 bits per heavy atom. The highest BCUT2D eigenvalue weighted by Gasteiger charge is 2.56. The van der Waals surface area contributed by atoms with Crippen LogP contribution in [-0.4, -0.2) is 28.8 Å². The molecule has 0 amide bonds. The van der Waals surface area contributed by atoms with Gasteiger partial charge in [0.25, 0.3) is 0 Å². The monoisotopic (exact) mass is 549 g/mol. The molecule has 3 nitrogen and oxygen atoms in total. The molecular formula is C30H29F6NO2. The van der Waals surface area contributed by atoms with Crippen LogP contribution in [0.3, 0.4) is 0 Å². The third-order valence-electron chi connectivity index (χ3n) is 8.05. The first-order valence-electron chi connectivity index (χ1n) is 12.9. The van der Waals surface area contributed by atoms with Gasteiger partial charge in [-0.1, -0.05) is 60.7 Å². The van der Waals surface area contributed by atoms with Gasteiger partial charge in [-0.25, -0.2) is 0 Å². The maximum Gasteiger partial charge on any atom is 0.416 e. The minimum Gasteiger partial charge on any atom is -0.393 e. The summed E-state index contributed by atoms with van der Waals surface area (Å²) in [5, 5.41) is 10.2.